The first kappa shape index (κ1) is 21.6. The Balaban J connectivity index is 1.47. The average molecular weight is 446 g/mol. The first-order chi connectivity index (χ1) is 15.8. The van der Waals surface area contributed by atoms with Gasteiger partial charge in [0.15, 0.2) is 0 Å². The van der Waals surface area contributed by atoms with E-state index in [1.165, 1.54) is 23.7 Å². The fraction of sp³-hybridized carbons (Fsp3) is 0.407. The second kappa shape index (κ2) is 7.94. The summed E-state index contributed by atoms with van der Waals surface area (Å²) in [7, 11) is 0. The number of rotatable bonds is 4. The Morgan fingerprint density at radius 2 is 2.00 bits per heavy atom. The van der Waals surface area contributed by atoms with E-state index < -0.39 is 5.60 Å². The predicted molar refractivity (Wildman–Crippen MR) is 129 cm³/mol. The number of hydrogen-bond donors (Lipinski definition) is 1. The van der Waals surface area contributed by atoms with E-state index in [1.807, 2.05) is 27.0 Å². The maximum absolute atomic E-state index is 11.6. The van der Waals surface area contributed by atoms with Crippen molar-refractivity contribution in [3.63, 3.8) is 0 Å². The molecule has 0 aliphatic carbocycles. The van der Waals surface area contributed by atoms with E-state index in [2.05, 4.69) is 46.3 Å². The molecule has 3 heterocycles. The van der Waals surface area contributed by atoms with Crippen LogP contribution in [0.2, 0.25) is 0 Å². The van der Waals surface area contributed by atoms with Crippen molar-refractivity contribution in [1.29, 1.82) is 0 Å². The molecule has 0 radical (unpaired) electrons. The van der Waals surface area contributed by atoms with E-state index in [0.29, 0.717) is 12.3 Å². The molecule has 1 atom stereocenters. The molecule has 0 unspecified atom stereocenters. The summed E-state index contributed by atoms with van der Waals surface area (Å²) in [4.78, 5) is 11.6. The van der Waals surface area contributed by atoms with Gasteiger partial charge in [0, 0.05) is 36.5 Å². The minimum Gasteiger partial charge on any atom is -0.485 e. The summed E-state index contributed by atoms with van der Waals surface area (Å²) < 4.78 is 14.3. The molecule has 0 amide bonds. The van der Waals surface area contributed by atoms with Crippen LogP contribution in [0.25, 0.3) is 11.3 Å². The standard InChI is InChI=1S/C27H31N3O3/c1-16-17(2)26-21(18(3)25(16)32-19(4)31)9-12-27(5,33-26)15-30-23(11-14-29-30)22-8-6-7-20-10-13-28-24(20)22/h6-8,11,14,28H,9-10,12-13,15H2,1-5H3/t27-/m0/s1. The average Bonchev–Trinajstić information content (AvgIpc) is 3.44. The van der Waals surface area contributed by atoms with Gasteiger partial charge in [0.2, 0.25) is 0 Å². The van der Waals surface area contributed by atoms with Gasteiger partial charge in [0.05, 0.1) is 12.2 Å². The lowest BCUT2D eigenvalue weighted by Crippen LogP contribution is -2.41. The van der Waals surface area contributed by atoms with Gasteiger partial charge in [0.25, 0.3) is 0 Å². The summed E-state index contributed by atoms with van der Waals surface area (Å²) in [6, 6.07) is 8.57. The summed E-state index contributed by atoms with van der Waals surface area (Å²) in [5.74, 6) is 1.30. The molecule has 2 aliphatic rings. The van der Waals surface area contributed by atoms with Crippen LogP contribution in [-0.4, -0.2) is 27.9 Å². The molecular formula is C27H31N3O3. The molecule has 2 aromatic carbocycles. The number of anilines is 1. The van der Waals surface area contributed by atoms with Crippen LogP contribution in [0.3, 0.4) is 0 Å². The Morgan fingerprint density at radius 1 is 1.18 bits per heavy atom. The number of carbonyl (C=O) groups excluding carboxylic acids is 1. The van der Waals surface area contributed by atoms with E-state index in [-0.39, 0.29) is 5.97 Å². The van der Waals surface area contributed by atoms with Crippen LogP contribution >= 0.6 is 0 Å². The third-order valence-electron chi connectivity index (χ3n) is 7.13. The van der Waals surface area contributed by atoms with Crippen molar-refractivity contribution in [2.45, 2.75) is 66.0 Å². The lowest BCUT2D eigenvalue weighted by Gasteiger charge is -2.38. The number of benzene rings is 2. The quantitative estimate of drug-likeness (QED) is 0.444. The summed E-state index contributed by atoms with van der Waals surface area (Å²) in [5, 5.41) is 8.21. The molecule has 0 saturated carbocycles. The van der Waals surface area contributed by atoms with Crippen LogP contribution in [0.4, 0.5) is 5.69 Å². The number of nitrogens with one attached hydrogen (secondary N) is 1. The fourth-order valence-electron chi connectivity index (χ4n) is 5.25. The minimum absolute atomic E-state index is 0.296. The zero-order chi connectivity index (χ0) is 23.3. The number of carbonyl (C=O) groups is 1. The number of hydrogen-bond acceptors (Lipinski definition) is 5. The van der Waals surface area contributed by atoms with E-state index in [0.717, 1.165) is 59.5 Å². The van der Waals surface area contributed by atoms with Crippen molar-refractivity contribution in [1.82, 2.24) is 9.78 Å². The van der Waals surface area contributed by atoms with Gasteiger partial charge in [-0.05, 0) is 75.3 Å². The van der Waals surface area contributed by atoms with Crippen LogP contribution in [0.5, 0.6) is 11.5 Å². The molecular weight excluding hydrogens is 414 g/mol. The monoisotopic (exact) mass is 445 g/mol. The number of ether oxygens (including phenoxy) is 2. The topological polar surface area (TPSA) is 65.4 Å². The van der Waals surface area contributed by atoms with Gasteiger partial charge in [0.1, 0.15) is 17.1 Å². The molecule has 5 rings (SSSR count). The summed E-state index contributed by atoms with van der Waals surface area (Å²) in [5.41, 5.74) is 8.60. The number of esters is 1. The van der Waals surface area contributed by atoms with Gasteiger partial charge in [-0.15, -0.1) is 0 Å². The molecule has 0 fully saturated rings. The zero-order valence-electron chi connectivity index (χ0n) is 20.0. The maximum Gasteiger partial charge on any atom is 0.308 e. The minimum atomic E-state index is -0.397. The van der Waals surface area contributed by atoms with Gasteiger partial charge in [-0.25, -0.2) is 0 Å². The Hall–Kier alpha value is -3.28. The van der Waals surface area contributed by atoms with Crippen LogP contribution in [0, 0.1) is 20.8 Å². The van der Waals surface area contributed by atoms with Crippen LogP contribution < -0.4 is 14.8 Å². The lowest BCUT2D eigenvalue weighted by molar-refractivity contribution is -0.132. The van der Waals surface area contributed by atoms with Crippen molar-refractivity contribution in [3.05, 3.63) is 58.3 Å². The van der Waals surface area contributed by atoms with Gasteiger partial charge >= 0.3 is 5.97 Å². The smallest absolute Gasteiger partial charge is 0.308 e. The highest BCUT2D eigenvalue weighted by Crippen LogP contribution is 2.44. The van der Waals surface area contributed by atoms with Crippen LogP contribution in [-0.2, 0) is 24.2 Å². The van der Waals surface area contributed by atoms with Crippen molar-refractivity contribution in [3.8, 4) is 22.8 Å². The molecule has 2 aliphatic heterocycles. The van der Waals surface area contributed by atoms with E-state index in [4.69, 9.17) is 9.47 Å². The molecule has 6 heteroatoms. The van der Waals surface area contributed by atoms with E-state index in [9.17, 15) is 4.79 Å². The number of nitrogens with zero attached hydrogens (tertiary/aromatic N) is 2. The van der Waals surface area contributed by atoms with Crippen molar-refractivity contribution >= 4 is 11.7 Å². The zero-order valence-corrected chi connectivity index (χ0v) is 20.0. The Kier molecular flexibility index (Phi) is 5.19. The summed E-state index contributed by atoms with van der Waals surface area (Å²) in [6.07, 6.45) is 4.65. The molecule has 6 nitrogen and oxygen atoms in total. The first-order valence-corrected chi connectivity index (χ1v) is 11.7. The van der Waals surface area contributed by atoms with Crippen molar-refractivity contribution < 1.29 is 14.3 Å². The third-order valence-corrected chi connectivity index (χ3v) is 7.13. The molecule has 3 aromatic rings. The second-order valence-electron chi connectivity index (χ2n) is 9.55. The summed E-state index contributed by atoms with van der Waals surface area (Å²) in [6.45, 7) is 11.3. The van der Waals surface area contributed by atoms with E-state index in [1.54, 1.807) is 0 Å². The molecule has 1 N–H and O–H groups in total. The maximum atomic E-state index is 11.6. The second-order valence-corrected chi connectivity index (χ2v) is 9.55. The normalized spacial score (nSPS) is 18.8. The van der Waals surface area contributed by atoms with Gasteiger partial charge in [-0.3, -0.25) is 9.48 Å². The van der Waals surface area contributed by atoms with Crippen molar-refractivity contribution in [2.24, 2.45) is 0 Å². The molecule has 1 aromatic heterocycles. The number of fused-ring (bicyclic) bond motifs is 2. The SMILES string of the molecule is CC(=O)Oc1c(C)c(C)c2c(c1C)CC[C@@](C)(Cn1nccc1-c1cccc3c1NCC3)O2. The third kappa shape index (κ3) is 3.67. The summed E-state index contributed by atoms with van der Waals surface area (Å²) >= 11 is 0. The molecule has 33 heavy (non-hydrogen) atoms. The Labute approximate surface area is 194 Å². The van der Waals surface area contributed by atoms with Gasteiger partial charge in [-0.1, -0.05) is 18.2 Å². The molecule has 0 spiro atoms. The molecule has 0 saturated heterocycles. The largest absolute Gasteiger partial charge is 0.485 e. The molecule has 172 valence electrons. The number of aromatic nitrogens is 2. The Morgan fingerprint density at radius 3 is 2.79 bits per heavy atom. The van der Waals surface area contributed by atoms with Crippen LogP contribution in [0.1, 0.15) is 48.1 Å². The fourth-order valence-corrected chi connectivity index (χ4v) is 5.25. The highest BCUT2D eigenvalue weighted by Gasteiger charge is 2.36. The Bertz CT molecular complexity index is 1260. The van der Waals surface area contributed by atoms with Gasteiger partial charge in [-0.2, -0.15) is 5.10 Å². The van der Waals surface area contributed by atoms with Crippen LogP contribution in [0.15, 0.2) is 30.5 Å². The van der Waals surface area contributed by atoms with E-state index >= 15 is 0 Å². The highest BCUT2D eigenvalue weighted by molar-refractivity contribution is 5.80. The molecule has 0 bridgehead atoms. The predicted octanol–water partition coefficient (Wildman–Crippen LogP) is 5.15. The number of para-hydroxylation sites is 1. The first-order valence-electron chi connectivity index (χ1n) is 11.7. The highest BCUT2D eigenvalue weighted by atomic mass is 16.5. The lowest BCUT2D eigenvalue weighted by atomic mass is 9.87. The van der Waals surface area contributed by atoms with Gasteiger partial charge < -0.3 is 14.8 Å². The van der Waals surface area contributed by atoms with Crippen molar-refractivity contribution in [2.75, 3.05) is 11.9 Å².